The second kappa shape index (κ2) is 9.76. The number of carbonyl (C=O) groups is 2. The van der Waals surface area contributed by atoms with Gasteiger partial charge in [-0.25, -0.2) is 0 Å². The molecule has 1 aromatic carbocycles. The molecule has 1 aromatic rings. The van der Waals surface area contributed by atoms with E-state index in [2.05, 4.69) is 31.3 Å². The van der Waals surface area contributed by atoms with Crippen molar-refractivity contribution in [2.45, 2.75) is 65.6 Å². The van der Waals surface area contributed by atoms with Crippen molar-refractivity contribution >= 4 is 11.8 Å². The van der Waals surface area contributed by atoms with Crippen LogP contribution in [0.2, 0.25) is 0 Å². The maximum atomic E-state index is 13.2. The summed E-state index contributed by atoms with van der Waals surface area (Å²) >= 11 is 0. The number of benzene rings is 1. The van der Waals surface area contributed by atoms with Crippen molar-refractivity contribution in [2.75, 3.05) is 7.05 Å². The van der Waals surface area contributed by atoms with E-state index in [1.54, 1.807) is 18.0 Å². The van der Waals surface area contributed by atoms with E-state index in [0.29, 0.717) is 17.2 Å². The highest BCUT2D eigenvalue weighted by atomic mass is 16.5. The third kappa shape index (κ3) is 5.37. The van der Waals surface area contributed by atoms with Crippen molar-refractivity contribution in [2.24, 2.45) is 11.8 Å². The van der Waals surface area contributed by atoms with Gasteiger partial charge in [0.25, 0.3) is 5.91 Å². The van der Waals surface area contributed by atoms with Crippen LogP contribution in [0.25, 0.3) is 0 Å². The molecule has 0 aromatic heterocycles. The molecule has 2 rings (SSSR count). The van der Waals surface area contributed by atoms with Gasteiger partial charge in [0.1, 0.15) is 11.8 Å². The van der Waals surface area contributed by atoms with Gasteiger partial charge in [-0.15, -0.1) is 0 Å². The molecule has 0 spiro atoms. The van der Waals surface area contributed by atoms with Gasteiger partial charge >= 0.3 is 0 Å². The number of para-hydroxylation sites is 1. The molecular weight excluding hydrogens is 352 g/mol. The summed E-state index contributed by atoms with van der Waals surface area (Å²) in [5.41, 5.74) is 0.483. The maximum absolute atomic E-state index is 13.2. The number of fused-ring (bicyclic) bond motifs is 1. The van der Waals surface area contributed by atoms with Crippen LogP contribution in [0.3, 0.4) is 0 Å². The Morgan fingerprint density at radius 1 is 1.04 bits per heavy atom. The molecule has 1 N–H and O–H groups in total. The summed E-state index contributed by atoms with van der Waals surface area (Å²) in [6.45, 7) is 10.1. The van der Waals surface area contributed by atoms with Crippen molar-refractivity contribution in [1.29, 1.82) is 0 Å². The molecule has 5 heteroatoms. The summed E-state index contributed by atoms with van der Waals surface area (Å²) < 4.78 is 6.06. The molecule has 5 nitrogen and oxygen atoms in total. The molecule has 2 amide bonds. The average Bonchev–Trinajstić information content (AvgIpc) is 2.63. The molecule has 0 bridgehead atoms. The van der Waals surface area contributed by atoms with Crippen molar-refractivity contribution in [1.82, 2.24) is 10.2 Å². The quantitative estimate of drug-likeness (QED) is 0.781. The topological polar surface area (TPSA) is 58.6 Å². The summed E-state index contributed by atoms with van der Waals surface area (Å²) in [7, 11) is 1.70. The lowest BCUT2D eigenvalue weighted by Crippen LogP contribution is -2.53. The van der Waals surface area contributed by atoms with Crippen LogP contribution in [0.4, 0.5) is 0 Å². The van der Waals surface area contributed by atoms with E-state index in [-0.39, 0.29) is 29.9 Å². The van der Waals surface area contributed by atoms with Gasteiger partial charge in [-0.3, -0.25) is 9.59 Å². The molecule has 0 saturated heterocycles. The molecule has 0 fully saturated rings. The summed E-state index contributed by atoms with van der Waals surface area (Å²) in [6, 6.07) is 6.73. The number of ether oxygens (including phenoxy) is 1. The molecule has 154 valence electrons. The predicted molar refractivity (Wildman–Crippen MR) is 112 cm³/mol. The van der Waals surface area contributed by atoms with Crippen molar-refractivity contribution in [3.8, 4) is 5.75 Å². The minimum atomic E-state index is -0.550. The van der Waals surface area contributed by atoms with Crippen LogP contribution in [0.1, 0.15) is 57.8 Å². The van der Waals surface area contributed by atoms with Gasteiger partial charge in [0, 0.05) is 19.5 Å². The SMILES string of the molecule is CC(C)[C@H]1C/C=C/C[C@@H](C)Oc2ccccc2C(=O)N(C)[C@H](C(C)C)C(=O)N1. The highest BCUT2D eigenvalue weighted by Crippen LogP contribution is 2.24. The molecule has 1 aliphatic heterocycles. The largest absolute Gasteiger partial charge is 0.490 e. The van der Waals surface area contributed by atoms with Crippen molar-refractivity contribution in [3.05, 3.63) is 42.0 Å². The summed E-state index contributed by atoms with van der Waals surface area (Å²) in [5, 5.41) is 3.17. The lowest BCUT2D eigenvalue weighted by Gasteiger charge is -2.33. The van der Waals surface area contributed by atoms with Gasteiger partial charge in [0.15, 0.2) is 0 Å². The zero-order chi connectivity index (χ0) is 20.8. The highest BCUT2D eigenvalue weighted by Gasteiger charge is 2.33. The molecular formula is C23H34N2O3. The van der Waals surface area contributed by atoms with Gasteiger partial charge < -0.3 is 15.0 Å². The van der Waals surface area contributed by atoms with E-state index in [9.17, 15) is 9.59 Å². The second-order valence-electron chi connectivity index (χ2n) is 8.33. The number of rotatable bonds is 2. The standard InChI is InChI=1S/C23H34N2O3/c1-15(2)19-13-9-7-11-17(5)28-20-14-10-8-12-18(20)23(27)25(6)21(16(3)4)22(26)24-19/h7-10,12,14-17,19,21H,11,13H2,1-6H3,(H,24,26)/b9-7+/t17-,19-,21-/m1/s1. The van der Waals surface area contributed by atoms with Crippen LogP contribution in [0, 0.1) is 11.8 Å². The fourth-order valence-corrected chi connectivity index (χ4v) is 3.55. The van der Waals surface area contributed by atoms with Crippen LogP contribution in [-0.4, -0.2) is 41.9 Å². The Kier molecular flexibility index (Phi) is 7.67. The van der Waals surface area contributed by atoms with Gasteiger partial charge in [-0.1, -0.05) is 52.0 Å². The van der Waals surface area contributed by atoms with E-state index >= 15 is 0 Å². The smallest absolute Gasteiger partial charge is 0.258 e. The molecule has 0 unspecified atom stereocenters. The highest BCUT2D eigenvalue weighted by molar-refractivity contribution is 5.99. The predicted octanol–water partition coefficient (Wildman–Crippen LogP) is 4.04. The van der Waals surface area contributed by atoms with Gasteiger partial charge in [-0.05, 0) is 37.3 Å². The molecule has 0 radical (unpaired) electrons. The number of likely N-dealkylation sites (N-methyl/N-ethyl adjacent to an activating group) is 1. The van der Waals surface area contributed by atoms with Crippen LogP contribution < -0.4 is 10.1 Å². The number of hydrogen-bond donors (Lipinski definition) is 1. The minimum Gasteiger partial charge on any atom is -0.490 e. The Hall–Kier alpha value is -2.30. The number of amides is 2. The van der Waals surface area contributed by atoms with Crippen LogP contribution >= 0.6 is 0 Å². The van der Waals surface area contributed by atoms with Crippen molar-refractivity contribution < 1.29 is 14.3 Å². The second-order valence-corrected chi connectivity index (χ2v) is 8.33. The van der Waals surface area contributed by atoms with Crippen LogP contribution in [-0.2, 0) is 4.79 Å². The summed E-state index contributed by atoms with van der Waals surface area (Å²) in [6.07, 6.45) is 5.66. The first-order chi connectivity index (χ1) is 13.2. The van der Waals surface area contributed by atoms with Crippen LogP contribution in [0.5, 0.6) is 5.75 Å². The van der Waals surface area contributed by atoms with Crippen LogP contribution in [0.15, 0.2) is 36.4 Å². The van der Waals surface area contributed by atoms with Crippen molar-refractivity contribution in [3.63, 3.8) is 0 Å². The Balaban J connectivity index is 2.45. The van der Waals surface area contributed by atoms with Gasteiger partial charge in [0.05, 0.1) is 11.7 Å². The lowest BCUT2D eigenvalue weighted by molar-refractivity contribution is -0.127. The summed E-state index contributed by atoms with van der Waals surface area (Å²) in [5.74, 6) is 0.523. The molecule has 1 heterocycles. The average molecular weight is 387 g/mol. The molecule has 0 saturated carbocycles. The maximum Gasteiger partial charge on any atom is 0.258 e. The zero-order valence-corrected chi connectivity index (χ0v) is 17.9. The fraction of sp³-hybridized carbons (Fsp3) is 0.565. The Morgan fingerprint density at radius 2 is 1.68 bits per heavy atom. The Labute approximate surface area is 169 Å². The molecule has 3 atom stereocenters. The molecule has 0 aliphatic carbocycles. The van der Waals surface area contributed by atoms with E-state index in [1.165, 1.54) is 0 Å². The van der Waals surface area contributed by atoms with Gasteiger partial charge in [-0.2, -0.15) is 0 Å². The van der Waals surface area contributed by atoms with E-state index in [0.717, 1.165) is 12.8 Å². The Bertz CT molecular complexity index is 712. The number of hydrogen-bond acceptors (Lipinski definition) is 3. The lowest BCUT2D eigenvalue weighted by atomic mass is 9.96. The third-order valence-electron chi connectivity index (χ3n) is 5.24. The summed E-state index contributed by atoms with van der Waals surface area (Å²) in [4.78, 5) is 27.9. The monoisotopic (exact) mass is 386 g/mol. The first-order valence-electron chi connectivity index (χ1n) is 10.2. The van der Waals surface area contributed by atoms with E-state index in [4.69, 9.17) is 4.74 Å². The van der Waals surface area contributed by atoms with Gasteiger partial charge in [0.2, 0.25) is 5.91 Å². The third-order valence-corrected chi connectivity index (χ3v) is 5.24. The first kappa shape index (κ1) is 22.0. The molecule has 28 heavy (non-hydrogen) atoms. The number of carbonyl (C=O) groups excluding carboxylic acids is 2. The fourth-order valence-electron chi connectivity index (χ4n) is 3.55. The Morgan fingerprint density at radius 3 is 2.32 bits per heavy atom. The van der Waals surface area contributed by atoms with E-state index < -0.39 is 6.04 Å². The first-order valence-corrected chi connectivity index (χ1v) is 10.2. The number of nitrogens with zero attached hydrogens (tertiary/aromatic N) is 1. The molecule has 1 aliphatic rings. The normalized spacial score (nSPS) is 25.7. The van der Waals surface area contributed by atoms with E-state index in [1.807, 2.05) is 39.0 Å². The number of nitrogens with one attached hydrogen (secondary N) is 1. The minimum absolute atomic E-state index is 0.0165. The zero-order valence-electron chi connectivity index (χ0n) is 17.9.